The SMILES string of the molecule is CCC(CO)N1CCN(Cc2noc(Cc3ccccc3)n2)CC1. The number of hydrogen-bond acceptors (Lipinski definition) is 6. The van der Waals surface area contributed by atoms with E-state index >= 15 is 0 Å². The van der Waals surface area contributed by atoms with Crippen molar-refractivity contribution in [3.63, 3.8) is 0 Å². The molecule has 0 amide bonds. The summed E-state index contributed by atoms with van der Waals surface area (Å²) in [4.78, 5) is 9.23. The molecule has 1 aliphatic heterocycles. The Hall–Kier alpha value is -1.76. The first-order valence-electron chi connectivity index (χ1n) is 8.71. The normalized spacial score (nSPS) is 17.9. The van der Waals surface area contributed by atoms with Gasteiger partial charge in [0.05, 0.1) is 19.6 Å². The number of rotatable bonds is 7. The van der Waals surface area contributed by atoms with Crippen LogP contribution in [0.25, 0.3) is 0 Å². The second kappa shape index (κ2) is 8.37. The van der Waals surface area contributed by atoms with Crippen molar-refractivity contribution < 1.29 is 9.63 Å². The lowest BCUT2D eigenvalue weighted by atomic mass is 10.1. The van der Waals surface area contributed by atoms with Crippen molar-refractivity contribution >= 4 is 0 Å². The van der Waals surface area contributed by atoms with Crippen LogP contribution in [0.5, 0.6) is 0 Å². The Bertz CT molecular complexity index is 604. The molecule has 6 heteroatoms. The van der Waals surface area contributed by atoms with Crippen molar-refractivity contribution in [2.45, 2.75) is 32.4 Å². The molecule has 2 aromatic rings. The molecule has 0 radical (unpaired) electrons. The van der Waals surface area contributed by atoms with Gasteiger partial charge in [-0.1, -0.05) is 42.4 Å². The van der Waals surface area contributed by atoms with Crippen LogP contribution in [-0.4, -0.2) is 63.9 Å². The fraction of sp³-hybridized carbons (Fsp3) is 0.556. The Balaban J connectivity index is 1.49. The highest BCUT2D eigenvalue weighted by molar-refractivity contribution is 5.17. The average molecular weight is 330 g/mol. The van der Waals surface area contributed by atoms with Crippen molar-refractivity contribution in [3.8, 4) is 0 Å². The highest BCUT2D eigenvalue weighted by atomic mass is 16.5. The maximum Gasteiger partial charge on any atom is 0.231 e. The molecule has 1 atom stereocenters. The first-order valence-corrected chi connectivity index (χ1v) is 8.71. The molecule has 1 fully saturated rings. The van der Waals surface area contributed by atoms with Gasteiger partial charge in [0.2, 0.25) is 5.89 Å². The Morgan fingerprint density at radius 3 is 2.58 bits per heavy atom. The van der Waals surface area contributed by atoms with Crippen molar-refractivity contribution in [2.24, 2.45) is 0 Å². The molecule has 6 nitrogen and oxygen atoms in total. The Morgan fingerprint density at radius 2 is 1.92 bits per heavy atom. The molecular weight excluding hydrogens is 304 g/mol. The van der Waals surface area contributed by atoms with E-state index in [0.29, 0.717) is 12.3 Å². The van der Waals surface area contributed by atoms with Gasteiger partial charge in [-0.25, -0.2) is 0 Å². The fourth-order valence-corrected chi connectivity index (χ4v) is 3.19. The van der Waals surface area contributed by atoms with E-state index < -0.39 is 0 Å². The Morgan fingerprint density at radius 1 is 1.17 bits per heavy atom. The standard InChI is InChI=1S/C18H26N4O2/c1-2-16(14-23)22-10-8-21(9-11-22)13-17-19-18(24-20-17)12-15-6-4-3-5-7-15/h3-7,16,23H,2,8-14H2,1H3. The number of piperazine rings is 1. The number of nitrogens with zero attached hydrogens (tertiary/aromatic N) is 4. The minimum Gasteiger partial charge on any atom is -0.395 e. The summed E-state index contributed by atoms with van der Waals surface area (Å²) in [6.45, 7) is 6.99. The topological polar surface area (TPSA) is 65.6 Å². The number of aliphatic hydroxyl groups excluding tert-OH is 1. The molecule has 0 aliphatic carbocycles. The highest BCUT2D eigenvalue weighted by Gasteiger charge is 2.23. The van der Waals surface area contributed by atoms with Gasteiger partial charge in [-0.3, -0.25) is 9.80 Å². The summed E-state index contributed by atoms with van der Waals surface area (Å²) in [6, 6.07) is 10.4. The summed E-state index contributed by atoms with van der Waals surface area (Å²) in [5, 5.41) is 13.5. The van der Waals surface area contributed by atoms with Gasteiger partial charge in [0.1, 0.15) is 0 Å². The lowest BCUT2D eigenvalue weighted by Crippen LogP contribution is -2.50. The van der Waals surface area contributed by atoms with E-state index in [2.05, 4.69) is 39.0 Å². The largest absolute Gasteiger partial charge is 0.395 e. The summed E-state index contributed by atoms with van der Waals surface area (Å²) >= 11 is 0. The summed E-state index contributed by atoms with van der Waals surface area (Å²) in [7, 11) is 0. The zero-order valence-electron chi connectivity index (χ0n) is 14.3. The maximum absolute atomic E-state index is 9.42. The lowest BCUT2D eigenvalue weighted by Gasteiger charge is -2.37. The van der Waals surface area contributed by atoms with Crippen molar-refractivity contribution in [2.75, 3.05) is 32.8 Å². The van der Waals surface area contributed by atoms with Crippen LogP contribution in [0.2, 0.25) is 0 Å². The van der Waals surface area contributed by atoms with E-state index in [4.69, 9.17) is 4.52 Å². The average Bonchev–Trinajstić information content (AvgIpc) is 3.05. The number of benzene rings is 1. The Kier molecular flexibility index (Phi) is 5.96. The zero-order chi connectivity index (χ0) is 16.8. The first kappa shape index (κ1) is 17.1. The van der Waals surface area contributed by atoms with Crippen LogP contribution in [0, 0.1) is 0 Å². The number of aliphatic hydroxyl groups is 1. The van der Waals surface area contributed by atoms with Crippen LogP contribution < -0.4 is 0 Å². The van der Waals surface area contributed by atoms with Crippen LogP contribution in [0.4, 0.5) is 0 Å². The lowest BCUT2D eigenvalue weighted by molar-refractivity contribution is 0.0596. The van der Waals surface area contributed by atoms with Crippen molar-refractivity contribution in [1.29, 1.82) is 0 Å². The third kappa shape index (κ3) is 4.41. The van der Waals surface area contributed by atoms with E-state index in [-0.39, 0.29) is 12.6 Å². The summed E-state index contributed by atoms with van der Waals surface area (Å²) in [6.07, 6.45) is 1.67. The quantitative estimate of drug-likeness (QED) is 0.831. The van der Waals surface area contributed by atoms with Gasteiger partial charge >= 0.3 is 0 Å². The molecule has 1 N–H and O–H groups in total. The van der Waals surface area contributed by atoms with Gasteiger partial charge in [0.15, 0.2) is 5.82 Å². The van der Waals surface area contributed by atoms with Gasteiger partial charge in [0.25, 0.3) is 0 Å². The molecule has 3 rings (SSSR count). The van der Waals surface area contributed by atoms with Crippen molar-refractivity contribution in [1.82, 2.24) is 19.9 Å². The first-order chi connectivity index (χ1) is 11.8. The monoisotopic (exact) mass is 330 g/mol. The van der Waals surface area contributed by atoms with Crippen LogP contribution in [-0.2, 0) is 13.0 Å². The summed E-state index contributed by atoms with van der Waals surface area (Å²) in [5.41, 5.74) is 1.18. The molecule has 1 aromatic heterocycles. The molecule has 0 bridgehead atoms. The van der Waals surface area contributed by atoms with Gasteiger partial charge in [-0.15, -0.1) is 0 Å². The molecule has 0 spiro atoms. The molecule has 1 unspecified atom stereocenters. The molecule has 1 saturated heterocycles. The fourth-order valence-electron chi connectivity index (χ4n) is 3.19. The predicted octanol–water partition coefficient (Wildman–Crippen LogP) is 1.55. The second-order valence-corrected chi connectivity index (χ2v) is 6.32. The third-order valence-corrected chi connectivity index (χ3v) is 4.68. The van der Waals surface area contributed by atoms with Gasteiger partial charge in [-0.05, 0) is 12.0 Å². The van der Waals surface area contributed by atoms with E-state index in [1.54, 1.807) is 0 Å². The zero-order valence-corrected chi connectivity index (χ0v) is 14.3. The minimum atomic E-state index is 0.240. The van der Waals surface area contributed by atoms with E-state index in [1.165, 1.54) is 5.56 Å². The molecule has 2 heterocycles. The van der Waals surface area contributed by atoms with Crippen molar-refractivity contribution in [3.05, 3.63) is 47.6 Å². The van der Waals surface area contributed by atoms with Gasteiger partial charge < -0.3 is 9.63 Å². The van der Waals surface area contributed by atoms with E-state index in [1.807, 2.05) is 18.2 Å². The van der Waals surface area contributed by atoms with Gasteiger partial charge in [-0.2, -0.15) is 4.98 Å². The smallest absolute Gasteiger partial charge is 0.231 e. The van der Waals surface area contributed by atoms with Crippen LogP contribution in [0.3, 0.4) is 0 Å². The second-order valence-electron chi connectivity index (χ2n) is 6.32. The number of aromatic nitrogens is 2. The molecule has 1 aliphatic rings. The molecule has 130 valence electrons. The predicted molar refractivity (Wildman–Crippen MR) is 91.6 cm³/mol. The Labute approximate surface area is 143 Å². The van der Waals surface area contributed by atoms with Crippen LogP contribution >= 0.6 is 0 Å². The maximum atomic E-state index is 9.42. The van der Waals surface area contributed by atoms with Crippen LogP contribution in [0.1, 0.15) is 30.6 Å². The van der Waals surface area contributed by atoms with E-state index in [9.17, 15) is 5.11 Å². The third-order valence-electron chi connectivity index (χ3n) is 4.68. The van der Waals surface area contributed by atoms with E-state index in [0.717, 1.165) is 45.0 Å². The highest BCUT2D eigenvalue weighted by Crippen LogP contribution is 2.12. The molecule has 1 aromatic carbocycles. The molecule has 24 heavy (non-hydrogen) atoms. The number of hydrogen-bond donors (Lipinski definition) is 1. The molecule has 0 saturated carbocycles. The summed E-state index contributed by atoms with van der Waals surface area (Å²) < 4.78 is 5.37. The minimum absolute atomic E-state index is 0.240. The molecular formula is C18H26N4O2. The van der Waals surface area contributed by atoms with Crippen LogP contribution in [0.15, 0.2) is 34.9 Å². The summed E-state index contributed by atoms with van der Waals surface area (Å²) in [5.74, 6) is 1.42. The van der Waals surface area contributed by atoms with Gasteiger partial charge in [0, 0.05) is 32.2 Å².